The van der Waals surface area contributed by atoms with Gasteiger partial charge in [-0.25, -0.2) is 9.59 Å². The Kier molecular flexibility index (Phi) is 5.63. The van der Waals surface area contributed by atoms with E-state index in [9.17, 15) is 27.9 Å². The Labute approximate surface area is 141 Å². The summed E-state index contributed by atoms with van der Waals surface area (Å²) in [6.07, 6.45) is -4.39. The molecule has 0 aliphatic heterocycles. The Morgan fingerprint density at radius 1 is 1.00 bits per heavy atom. The lowest BCUT2D eigenvalue weighted by Gasteiger charge is -2.15. The number of hydrogen-bond donors (Lipinski definition) is 3. The van der Waals surface area contributed by atoms with Crippen molar-refractivity contribution in [2.45, 2.75) is 18.6 Å². The molecule has 2 aromatic rings. The van der Waals surface area contributed by atoms with Crippen molar-refractivity contribution in [3.05, 3.63) is 65.7 Å². The number of carboxylic acids is 1. The number of carbonyl (C=O) groups is 2. The van der Waals surface area contributed by atoms with Gasteiger partial charge in [0.25, 0.3) is 0 Å². The summed E-state index contributed by atoms with van der Waals surface area (Å²) in [5.41, 5.74) is 0.00466. The number of hydrogen-bond acceptors (Lipinski definition) is 2. The van der Waals surface area contributed by atoms with Crippen LogP contribution in [0.2, 0.25) is 0 Å². The van der Waals surface area contributed by atoms with Gasteiger partial charge in [0.2, 0.25) is 0 Å². The van der Waals surface area contributed by atoms with Crippen molar-refractivity contribution in [2.75, 3.05) is 5.32 Å². The molecule has 2 rings (SSSR count). The lowest BCUT2D eigenvalue weighted by Crippen LogP contribution is -2.44. The third-order valence-electron chi connectivity index (χ3n) is 3.36. The van der Waals surface area contributed by atoms with E-state index in [0.717, 1.165) is 29.8 Å². The number of aliphatic carboxylic acids is 1. The molecule has 1 unspecified atom stereocenters. The number of rotatable bonds is 5. The molecule has 0 radical (unpaired) electrons. The molecule has 5 nitrogen and oxygen atoms in total. The lowest BCUT2D eigenvalue weighted by molar-refractivity contribution is -0.139. The number of urea groups is 1. The Bertz CT molecular complexity index is 731. The van der Waals surface area contributed by atoms with Gasteiger partial charge in [-0.15, -0.1) is 0 Å². The van der Waals surface area contributed by atoms with Gasteiger partial charge < -0.3 is 15.7 Å². The average Bonchev–Trinajstić information content (AvgIpc) is 2.54. The van der Waals surface area contributed by atoms with Crippen molar-refractivity contribution >= 4 is 17.7 Å². The molecule has 0 saturated carbocycles. The highest BCUT2D eigenvalue weighted by Crippen LogP contribution is 2.29. The van der Waals surface area contributed by atoms with E-state index in [2.05, 4.69) is 10.6 Å². The van der Waals surface area contributed by atoms with Gasteiger partial charge >= 0.3 is 18.2 Å². The monoisotopic (exact) mass is 352 g/mol. The van der Waals surface area contributed by atoms with Crippen LogP contribution >= 0.6 is 0 Å². The summed E-state index contributed by atoms with van der Waals surface area (Å²) in [7, 11) is 0. The highest BCUT2D eigenvalue weighted by atomic mass is 19.4. The molecule has 0 bridgehead atoms. The second-order valence-electron chi connectivity index (χ2n) is 5.25. The predicted octanol–water partition coefficient (Wildman–Crippen LogP) is 3.52. The molecule has 0 heterocycles. The standard InChI is InChI=1S/C17H15F3N2O3/c18-17(19,20)12-6-8-13(9-7-12)21-16(25)22-14(15(23)24)10-11-4-2-1-3-5-11/h1-9,14H,10H2,(H,23,24)(H2,21,22,25). The second kappa shape index (κ2) is 7.69. The quantitative estimate of drug-likeness (QED) is 0.770. The van der Waals surface area contributed by atoms with Crippen LogP contribution in [-0.4, -0.2) is 23.1 Å². The summed E-state index contributed by atoms with van der Waals surface area (Å²) in [6.45, 7) is 0. The van der Waals surface area contributed by atoms with Crippen LogP contribution in [0.15, 0.2) is 54.6 Å². The molecule has 3 N–H and O–H groups in total. The fourth-order valence-electron chi connectivity index (χ4n) is 2.12. The molecule has 0 fully saturated rings. The van der Waals surface area contributed by atoms with Crippen LogP contribution < -0.4 is 10.6 Å². The summed E-state index contributed by atoms with van der Waals surface area (Å²) >= 11 is 0. The Hall–Kier alpha value is -3.03. The number of alkyl halides is 3. The molecule has 0 aliphatic carbocycles. The molecule has 132 valence electrons. The molecule has 1 atom stereocenters. The van der Waals surface area contributed by atoms with Crippen LogP contribution in [0.3, 0.4) is 0 Å². The molecule has 2 aromatic carbocycles. The number of anilines is 1. The highest BCUT2D eigenvalue weighted by Gasteiger charge is 2.30. The average molecular weight is 352 g/mol. The van der Waals surface area contributed by atoms with Crippen molar-refractivity contribution in [3.8, 4) is 0 Å². The number of amides is 2. The first-order valence-corrected chi connectivity index (χ1v) is 7.27. The largest absolute Gasteiger partial charge is 0.480 e. The minimum absolute atomic E-state index is 0.0800. The van der Waals surface area contributed by atoms with Crippen LogP contribution in [0.25, 0.3) is 0 Å². The summed E-state index contributed by atoms with van der Waals surface area (Å²) in [4.78, 5) is 23.2. The maximum absolute atomic E-state index is 12.5. The third kappa shape index (κ3) is 5.52. The second-order valence-corrected chi connectivity index (χ2v) is 5.25. The predicted molar refractivity (Wildman–Crippen MR) is 85.2 cm³/mol. The summed E-state index contributed by atoms with van der Waals surface area (Å²) in [6, 6.07) is 10.6. The first-order chi connectivity index (χ1) is 11.8. The summed E-state index contributed by atoms with van der Waals surface area (Å²) in [5.74, 6) is -1.22. The third-order valence-corrected chi connectivity index (χ3v) is 3.36. The van der Waals surface area contributed by atoms with E-state index in [4.69, 9.17) is 0 Å². The molecule has 8 heteroatoms. The van der Waals surface area contributed by atoms with E-state index < -0.39 is 29.8 Å². The zero-order chi connectivity index (χ0) is 18.4. The highest BCUT2D eigenvalue weighted by molar-refractivity contribution is 5.92. The van der Waals surface area contributed by atoms with Gasteiger partial charge in [-0.3, -0.25) is 0 Å². The van der Waals surface area contributed by atoms with E-state index in [0.29, 0.717) is 0 Å². The topological polar surface area (TPSA) is 78.4 Å². The van der Waals surface area contributed by atoms with Crippen LogP contribution in [0, 0.1) is 0 Å². The number of nitrogens with one attached hydrogen (secondary N) is 2. The van der Waals surface area contributed by atoms with Gasteiger partial charge in [0.1, 0.15) is 6.04 Å². The summed E-state index contributed by atoms with van der Waals surface area (Å²) < 4.78 is 37.5. The molecular weight excluding hydrogens is 337 g/mol. The first kappa shape index (κ1) is 18.3. The van der Waals surface area contributed by atoms with Gasteiger partial charge in [-0.1, -0.05) is 30.3 Å². The van der Waals surface area contributed by atoms with Gasteiger partial charge in [0, 0.05) is 12.1 Å². The van der Waals surface area contributed by atoms with Crippen LogP contribution in [-0.2, 0) is 17.4 Å². The van der Waals surface area contributed by atoms with Crippen LogP contribution in [0.4, 0.5) is 23.7 Å². The van der Waals surface area contributed by atoms with Crippen LogP contribution in [0.1, 0.15) is 11.1 Å². The van der Waals surface area contributed by atoms with E-state index in [1.807, 2.05) is 0 Å². The van der Waals surface area contributed by atoms with E-state index in [1.54, 1.807) is 30.3 Å². The fraction of sp³-hybridized carbons (Fsp3) is 0.176. The van der Waals surface area contributed by atoms with E-state index >= 15 is 0 Å². The smallest absolute Gasteiger partial charge is 0.416 e. The van der Waals surface area contributed by atoms with E-state index in [1.165, 1.54) is 0 Å². The molecule has 25 heavy (non-hydrogen) atoms. The molecule has 0 aromatic heterocycles. The van der Waals surface area contributed by atoms with E-state index in [-0.39, 0.29) is 12.1 Å². The molecule has 2 amide bonds. The number of carbonyl (C=O) groups excluding carboxylic acids is 1. The lowest BCUT2D eigenvalue weighted by atomic mass is 10.1. The first-order valence-electron chi connectivity index (χ1n) is 7.27. The fourth-order valence-corrected chi connectivity index (χ4v) is 2.12. The van der Waals surface area contributed by atoms with Crippen molar-refractivity contribution < 1.29 is 27.9 Å². The van der Waals surface area contributed by atoms with Gasteiger partial charge in [0.15, 0.2) is 0 Å². The number of carboxylic acid groups (broad SMARTS) is 1. The molecule has 0 saturated heterocycles. The van der Waals surface area contributed by atoms with Crippen molar-refractivity contribution in [1.29, 1.82) is 0 Å². The normalized spacial score (nSPS) is 12.3. The van der Waals surface area contributed by atoms with Gasteiger partial charge in [-0.05, 0) is 29.8 Å². The minimum atomic E-state index is -4.47. The SMILES string of the molecule is O=C(Nc1ccc(C(F)(F)F)cc1)NC(Cc1ccccc1)C(=O)O. The Morgan fingerprint density at radius 2 is 1.60 bits per heavy atom. The summed E-state index contributed by atoms with van der Waals surface area (Å²) in [5, 5.41) is 13.8. The van der Waals surface area contributed by atoms with Gasteiger partial charge in [0.05, 0.1) is 5.56 Å². The molecule has 0 spiro atoms. The Balaban J connectivity index is 1.98. The minimum Gasteiger partial charge on any atom is -0.480 e. The van der Waals surface area contributed by atoms with Crippen molar-refractivity contribution in [3.63, 3.8) is 0 Å². The number of halogens is 3. The zero-order valence-corrected chi connectivity index (χ0v) is 12.9. The van der Waals surface area contributed by atoms with Gasteiger partial charge in [-0.2, -0.15) is 13.2 Å². The Morgan fingerprint density at radius 3 is 2.12 bits per heavy atom. The van der Waals surface area contributed by atoms with Crippen molar-refractivity contribution in [1.82, 2.24) is 5.32 Å². The maximum Gasteiger partial charge on any atom is 0.416 e. The molecule has 0 aliphatic rings. The maximum atomic E-state index is 12.5. The van der Waals surface area contributed by atoms with Crippen molar-refractivity contribution in [2.24, 2.45) is 0 Å². The zero-order valence-electron chi connectivity index (χ0n) is 12.9. The number of benzene rings is 2. The molecular formula is C17H15F3N2O3. The van der Waals surface area contributed by atoms with Crippen LogP contribution in [0.5, 0.6) is 0 Å².